The molecule has 0 aliphatic carbocycles. The number of aromatic nitrogens is 1. The van der Waals surface area contributed by atoms with Gasteiger partial charge in [0.1, 0.15) is 11.5 Å². The minimum absolute atomic E-state index is 0.430. The first-order valence-corrected chi connectivity index (χ1v) is 3.12. The normalized spacial score (nSPS) is 10.8. The van der Waals surface area contributed by atoms with E-state index in [1.807, 2.05) is 0 Å². The molecule has 66 valence electrons. The predicted molar refractivity (Wildman–Crippen MR) is 33.8 cm³/mol. The lowest BCUT2D eigenvalue weighted by molar-refractivity contribution is 0.140. The first-order chi connectivity index (χ1) is 5.54. The van der Waals surface area contributed by atoms with Gasteiger partial charge < -0.3 is 0 Å². The monoisotopic (exact) mass is 179 g/mol. The average Bonchev–Trinajstić information content (AvgIpc) is 2.00. The number of pyridine rings is 1. The van der Waals surface area contributed by atoms with Crippen molar-refractivity contribution in [3.8, 4) is 0 Å². The molecule has 1 aromatic rings. The summed E-state index contributed by atoms with van der Waals surface area (Å²) in [5, 5.41) is 0. The number of rotatable bonds is 1. The quantitative estimate of drug-likeness (QED) is 0.604. The Morgan fingerprint density at radius 3 is 2.42 bits per heavy atom. The van der Waals surface area contributed by atoms with E-state index in [1.54, 1.807) is 0 Å². The van der Waals surface area contributed by atoms with Crippen LogP contribution >= 0.6 is 0 Å². The molecule has 0 saturated heterocycles. The summed E-state index contributed by atoms with van der Waals surface area (Å²) in [4.78, 5) is 2.94. The Morgan fingerprint density at radius 2 is 1.92 bits per heavy atom. The molecular weight excluding hydrogens is 174 g/mol. The molecule has 1 nitrogen and oxygen atoms in total. The molecule has 0 saturated carbocycles. The van der Waals surface area contributed by atoms with Gasteiger partial charge in [0.2, 0.25) is 0 Å². The predicted octanol–water partition coefficient (Wildman–Crippen LogP) is 2.61. The number of hydrogen-bond acceptors (Lipinski definition) is 1. The zero-order valence-electron chi connectivity index (χ0n) is 6.11. The van der Waals surface area contributed by atoms with Crippen molar-refractivity contribution in [3.05, 3.63) is 29.1 Å². The minimum Gasteiger partial charge on any atom is -0.249 e. The van der Waals surface area contributed by atoms with E-state index in [2.05, 4.69) is 4.98 Å². The van der Waals surface area contributed by atoms with Crippen LogP contribution in [0.4, 0.5) is 17.6 Å². The van der Waals surface area contributed by atoms with E-state index < -0.39 is 29.3 Å². The van der Waals surface area contributed by atoms with E-state index in [0.717, 1.165) is 6.92 Å². The van der Waals surface area contributed by atoms with Gasteiger partial charge in [0.25, 0.3) is 6.43 Å². The van der Waals surface area contributed by atoms with Gasteiger partial charge in [-0.2, -0.15) is 0 Å². The number of nitrogens with zero attached hydrogens (tertiary/aromatic N) is 1. The SMILES string of the molecule is Cc1c(F)cnc(C(F)F)c1F. The average molecular weight is 179 g/mol. The molecule has 0 fully saturated rings. The third kappa shape index (κ3) is 1.39. The summed E-state index contributed by atoms with van der Waals surface area (Å²) in [5.74, 6) is -2.19. The molecule has 0 amide bonds. The number of hydrogen-bond donors (Lipinski definition) is 0. The summed E-state index contributed by atoms with van der Waals surface area (Å²) in [7, 11) is 0. The lowest BCUT2D eigenvalue weighted by Crippen LogP contribution is -2.00. The molecule has 1 heterocycles. The third-order valence-electron chi connectivity index (χ3n) is 1.44. The summed E-state index contributed by atoms with van der Waals surface area (Å²) >= 11 is 0. The molecule has 0 N–H and O–H groups in total. The highest BCUT2D eigenvalue weighted by Crippen LogP contribution is 2.22. The van der Waals surface area contributed by atoms with Crippen LogP contribution in [0.25, 0.3) is 0 Å². The molecule has 12 heavy (non-hydrogen) atoms. The standard InChI is InChI=1S/C7H5F4N/c1-3-4(8)2-12-6(5(3)9)7(10)11/h2,7H,1H3. The highest BCUT2D eigenvalue weighted by molar-refractivity contribution is 5.20. The van der Waals surface area contributed by atoms with Crippen LogP contribution in [-0.4, -0.2) is 4.98 Å². The van der Waals surface area contributed by atoms with Crippen molar-refractivity contribution >= 4 is 0 Å². The summed E-state index contributed by atoms with van der Waals surface area (Å²) < 4.78 is 49.0. The topological polar surface area (TPSA) is 12.9 Å². The molecule has 1 rings (SSSR count). The molecule has 0 aliphatic heterocycles. The Hall–Kier alpha value is -1.13. The van der Waals surface area contributed by atoms with Crippen molar-refractivity contribution in [2.75, 3.05) is 0 Å². The second-order valence-electron chi connectivity index (χ2n) is 2.23. The largest absolute Gasteiger partial charge is 0.283 e. The lowest BCUT2D eigenvalue weighted by atomic mass is 10.2. The summed E-state index contributed by atoms with van der Waals surface area (Å²) in [6, 6.07) is 0. The Bertz CT molecular complexity index is 298. The Labute approximate surface area is 66.0 Å². The summed E-state index contributed by atoms with van der Waals surface area (Å²) in [5.41, 5.74) is -1.44. The highest BCUT2D eigenvalue weighted by Gasteiger charge is 2.18. The van der Waals surface area contributed by atoms with Crippen LogP contribution in [0, 0.1) is 18.6 Å². The number of halogens is 4. The Kier molecular flexibility index (Phi) is 2.30. The first-order valence-electron chi connectivity index (χ1n) is 3.12. The zero-order valence-corrected chi connectivity index (χ0v) is 6.11. The third-order valence-corrected chi connectivity index (χ3v) is 1.44. The fourth-order valence-corrected chi connectivity index (χ4v) is 0.729. The van der Waals surface area contributed by atoms with Crippen LogP contribution in [0.15, 0.2) is 6.20 Å². The Morgan fingerprint density at radius 1 is 1.33 bits per heavy atom. The zero-order chi connectivity index (χ0) is 9.30. The summed E-state index contributed by atoms with van der Waals surface area (Å²) in [6.45, 7) is 1.08. The van der Waals surface area contributed by atoms with E-state index in [4.69, 9.17) is 0 Å². The van der Waals surface area contributed by atoms with Crippen LogP contribution in [-0.2, 0) is 0 Å². The van der Waals surface area contributed by atoms with Crippen molar-refractivity contribution in [2.24, 2.45) is 0 Å². The fraction of sp³-hybridized carbons (Fsp3) is 0.286. The maximum Gasteiger partial charge on any atom is 0.283 e. The van der Waals surface area contributed by atoms with Gasteiger partial charge in [0.05, 0.1) is 6.20 Å². The van der Waals surface area contributed by atoms with Gasteiger partial charge in [-0.05, 0) is 6.92 Å². The van der Waals surface area contributed by atoms with Crippen LogP contribution < -0.4 is 0 Å². The molecule has 0 unspecified atom stereocenters. The second-order valence-corrected chi connectivity index (χ2v) is 2.23. The molecule has 0 aromatic carbocycles. The van der Waals surface area contributed by atoms with Crippen molar-refractivity contribution in [1.29, 1.82) is 0 Å². The van der Waals surface area contributed by atoms with E-state index in [9.17, 15) is 17.6 Å². The van der Waals surface area contributed by atoms with E-state index in [0.29, 0.717) is 6.20 Å². The van der Waals surface area contributed by atoms with E-state index in [1.165, 1.54) is 0 Å². The van der Waals surface area contributed by atoms with Crippen molar-refractivity contribution in [3.63, 3.8) is 0 Å². The maximum atomic E-state index is 12.7. The van der Waals surface area contributed by atoms with Crippen molar-refractivity contribution in [2.45, 2.75) is 13.3 Å². The summed E-state index contributed by atoms with van der Waals surface area (Å²) in [6.07, 6.45) is -2.43. The molecule has 0 atom stereocenters. The molecule has 0 spiro atoms. The molecule has 1 aromatic heterocycles. The van der Waals surface area contributed by atoms with E-state index >= 15 is 0 Å². The van der Waals surface area contributed by atoms with Crippen LogP contribution in [0.5, 0.6) is 0 Å². The first kappa shape index (κ1) is 8.96. The van der Waals surface area contributed by atoms with Gasteiger partial charge in [-0.1, -0.05) is 0 Å². The maximum absolute atomic E-state index is 12.7. The minimum atomic E-state index is -3.01. The van der Waals surface area contributed by atoms with Crippen molar-refractivity contribution < 1.29 is 17.6 Å². The second kappa shape index (κ2) is 3.08. The van der Waals surface area contributed by atoms with Gasteiger partial charge in [-0.3, -0.25) is 0 Å². The van der Waals surface area contributed by atoms with Gasteiger partial charge in [-0.15, -0.1) is 0 Å². The van der Waals surface area contributed by atoms with Crippen LogP contribution in [0.3, 0.4) is 0 Å². The lowest BCUT2D eigenvalue weighted by Gasteiger charge is -2.03. The van der Waals surface area contributed by atoms with Crippen molar-refractivity contribution in [1.82, 2.24) is 4.98 Å². The van der Waals surface area contributed by atoms with Gasteiger partial charge in [0.15, 0.2) is 5.82 Å². The highest BCUT2D eigenvalue weighted by atomic mass is 19.3. The molecule has 0 bridgehead atoms. The molecule has 0 radical (unpaired) electrons. The fourth-order valence-electron chi connectivity index (χ4n) is 0.729. The Balaban J connectivity index is 3.27. The molecule has 0 aliphatic rings. The number of alkyl halides is 2. The van der Waals surface area contributed by atoms with Crippen LogP contribution in [0.1, 0.15) is 17.7 Å². The van der Waals surface area contributed by atoms with Gasteiger partial charge in [0, 0.05) is 5.56 Å². The van der Waals surface area contributed by atoms with Gasteiger partial charge in [-0.25, -0.2) is 22.5 Å². The van der Waals surface area contributed by atoms with Crippen LogP contribution in [0.2, 0.25) is 0 Å². The van der Waals surface area contributed by atoms with Gasteiger partial charge >= 0.3 is 0 Å². The molecule has 5 heteroatoms. The molecular formula is C7H5F4N. The smallest absolute Gasteiger partial charge is 0.249 e. The van der Waals surface area contributed by atoms with E-state index in [-0.39, 0.29) is 0 Å².